The van der Waals surface area contributed by atoms with Gasteiger partial charge in [-0.15, -0.1) is 0 Å². The van der Waals surface area contributed by atoms with E-state index < -0.39 is 23.7 Å². The minimum absolute atomic E-state index is 0.214. The minimum Gasteiger partial charge on any atom is -0.479 e. The zero-order valence-corrected chi connectivity index (χ0v) is 12.7. The second-order valence-electron chi connectivity index (χ2n) is 6.08. The van der Waals surface area contributed by atoms with Crippen molar-refractivity contribution in [3.8, 4) is 0 Å². The van der Waals surface area contributed by atoms with Crippen molar-refractivity contribution in [3.05, 3.63) is 18.0 Å². The highest BCUT2D eigenvalue weighted by molar-refractivity contribution is 5.83. The summed E-state index contributed by atoms with van der Waals surface area (Å²) in [5.74, 6) is -1.29. The average molecular weight is 295 g/mol. The highest BCUT2D eigenvalue weighted by Crippen LogP contribution is 2.35. The molecule has 2 heterocycles. The van der Waals surface area contributed by atoms with Gasteiger partial charge in [-0.05, 0) is 27.7 Å². The average Bonchev–Trinajstić information content (AvgIpc) is 2.84. The summed E-state index contributed by atoms with van der Waals surface area (Å²) >= 11 is 0. The zero-order chi connectivity index (χ0) is 15.8. The van der Waals surface area contributed by atoms with Gasteiger partial charge in [0, 0.05) is 23.8 Å². The van der Waals surface area contributed by atoms with E-state index >= 15 is 0 Å². The molecule has 21 heavy (non-hydrogen) atoms. The molecule has 2 atom stereocenters. The Hall–Kier alpha value is -1.89. The summed E-state index contributed by atoms with van der Waals surface area (Å²) in [7, 11) is 0. The van der Waals surface area contributed by atoms with Gasteiger partial charge in [0.2, 0.25) is 5.91 Å². The molecule has 1 saturated heterocycles. The van der Waals surface area contributed by atoms with Gasteiger partial charge in [0.15, 0.2) is 6.10 Å². The van der Waals surface area contributed by atoms with E-state index in [1.54, 1.807) is 22.0 Å². The molecule has 116 valence electrons. The van der Waals surface area contributed by atoms with Crippen molar-refractivity contribution in [1.29, 1.82) is 0 Å². The Labute approximate surface area is 123 Å². The summed E-state index contributed by atoms with van der Waals surface area (Å²) in [4.78, 5) is 25.3. The first kappa shape index (κ1) is 15.5. The normalized spacial score (nSPS) is 23.4. The van der Waals surface area contributed by atoms with Crippen molar-refractivity contribution >= 4 is 11.9 Å². The van der Waals surface area contributed by atoms with E-state index in [0.29, 0.717) is 12.1 Å². The monoisotopic (exact) mass is 295 g/mol. The van der Waals surface area contributed by atoms with E-state index in [-0.39, 0.29) is 12.5 Å². The Kier molecular flexibility index (Phi) is 4.04. The van der Waals surface area contributed by atoms with Crippen molar-refractivity contribution in [2.24, 2.45) is 0 Å². The number of carbonyl (C=O) groups is 2. The number of carboxylic acid groups (broad SMARTS) is 1. The number of aliphatic carboxylic acids is 1. The number of nitrogens with zero attached hydrogens (tertiary/aromatic N) is 3. The Morgan fingerprint density at radius 2 is 2.19 bits per heavy atom. The first-order valence-corrected chi connectivity index (χ1v) is 6.94. The fourth-order valence-electron chi connectivity index (χ4n) is 2.64. The van der Waals surface area contributed by atoms with Crippen LogP contribution in [-0.4, -0.2) is 49.9 Å². The first-order valence-electron chi connectivity index (χ1n) is 6.94. The predicted molar refractivity (Wildman–Crippen MR) is 74.6 cm³/mol. The van der Waals surface area contributed by atoms with Gasteiger partial charge in [-0.25, -0.2) is 4.79 Å². The van der Waals surface area contributed by atoms with E-state index in [1.165, 1.54) is 0 Å². The number of ether oxygens (including phenoxy) is 1. The number of carboxylic acids is 1. The number of amides is 1. The standard InChI is InChI=1S/C14H21N3O4/c1-5-16-7-9(6-15-16)11-12(13(19)20)21-8-10(18)17(11)14(2,3)4/h6-7,11-12H,5,8H2,1-4H3,(H,19,20). The number of rotatable bonds is 3. The van der Waals surface area contributed by atoms with Crippen LogP contribution in [0.15, 0.2) is 12.4 Å². The van der Waals surface area contributed by atoms with Crippen molar-refractivity contribution in [1.82, 2.24) is 14.7 Å². The second kappa shape index (κ2) is 5.48. The molecule has 0 saturated carbocycles. The Morgan fingerprint density at radius 1 is 1.52 bits per heavy atom. The van der Waals surface area contributed by atoms with Crippen LogP contribution in [0, 0.1) is 0 Å². The van der Waals surface area contributed by atoms with Gasteiger partial charge in [-0.2, -0.15) is 5.10 Å². The van der Waals surface area contributed by atoms with Gasteiger partial charge in [-0.1, -0.05) is 0 Å². The summed E-state index contributed by atoms with van der Waals surface area (Å²) < 4.78 is 6.96. The Bertz CT molecular complexity index is 547. The fraction of sp³-hybridized carbons (Fsp3) is 0.643. The lowest BCUT2D eigenvalue weighted by molar-refractivity contribution is -0.179. The number of aryl methyl sites for hydroxylation is 1. The van der Waals surface area contributed by atoms with Crippen molar-refractivity contribution in [2.75, 3.05) is 6.61 Å². The molecule has 0 radical (unpaired) electrons. The van der Waals surface area contributed by atoms with E-state index in [4.69, 9.17) is 4.74 Å². The van der Waals surface area contributed by atoms with Crippen LogP contribution < -0.4 is 0 Å². The van der Waals surface area contributed by atoms with Gasteiger partial charge >= 0.3 is 5.97 Å². The molecule has 1 N–H and O–H groups in total. The molecule has 0 bridgehead atoms. The zero-order valence-electron chi connectivity index (χ0n) is 12.7. The molecule has 0 aliphatic carbocycles. The van der Waals surface area contributed by atoms with Crippen LogP contribution in [0.3, 0.4) is 0 Å². The third kappa shape index (κ3) is 2.92. The molecule has 2 unspecified atom stereocenters. The molecule has 1 aromatic rings. The number of hydrogen-bond acceptors (Lipinski definition) is 4. The summed E-state index contributed by atoms with van der Waals surface area (Å²) in [6.45, 7) is 8.04. The highest BCUT2D eigenvalue weighted by atomic mass is 16.5. The molecule has 1 aliphatic heterocycles. The van der Waals surface area contributed by atoms with E-state index in [2.05, 4.69) is 5.10 Å². The first-order chi connectivity index (χ1) is 9.75. The molecule has 1 fully saturated rings. The summed E-state index contributed by atoms with van der Waals surface area (Å²) in [6, 6.07) is -0.677. The van der Waals surface area contributed by atoms with Crippen LogP contribution in [0.4, 0.5) is 0 Å². The van der Waals surface area contributed by atoms with Crippen LogP contribution in [0.5, 0.6) is 0 Å². The van der Waals surface area contributed by atoms with Gasteiger partial charge < -0.3 is 14.7 Å². The SMILES string of the molecule is CCn1cc(C2C(C(=O)O)OCC(=O)N2C(C)(C)C)cn1. The number of morpholine rings is 1. The third-order valence-corrected chi connectivity index (χ3v) is 3.50. The predicted octanol–water partition coefficient (Wildman–Crippen LogP) is 1.05. The molecule has 0 spiro atoms. The fourth-order valence-corrected chi connectivity index (χ4v) is 2.64. The molecule has 0 aromatic carbocycles. The lowest BCUT2D eigenvalue weighted by Gasteiger charge is -2.46. The Morgan fingerprint density at radius 3 is 2.67 bits per heavy atom. The topological polar surface area (TPSA) is 84.7 Å². The van der Waals surface area contributed by atoms with Crippen LogP contribution in [-0.2, 0) is 20.9 Å². The molecular formula is C14H21N3O4. The van der Waals surface area contributed by atoms with Gasteiger partial charge in [0.05, 0.1) is 12.2 Å². The van der Waals surface area contributed by atoms with E-state index in [0.717, 1.165) is 0 Å². The quantitative estimate of drug-likeness (QED) is 0.901. The maximum atomic E-state index is 12.2. The van der Waals surface area contributed by atoms with Crippen molar-refractivity contribution in [3.63, 3.8) is 0 Å². The summed E-state index contributed by atoms with van der Waals surface area (Å²) in [5, 5.41) is 13.6. The molecular weight excluding hydrogens is 274 g/mol. The van der Waals surface area contributed by atoms with Crippen LogP contribution in [0.1, 0.15) is 39.3 Å². The molecule has 7 heteroatoms. The number of hydrogen-bond donors (Lipinski definition) is 1. The van der Waals surface area contributed by atoms with Crippen LogP contribution in [0.25, 0.3) is 0 Å². The maximum Gasteiger partial charge on any atom is 0.335 e. The van der Waals surface area contributed by atoms with Crippen molar-refractivity contribution < 1.29 is 19.4 Å². The molecule has 7 nitrogen and oxygen atoms in total. The van der Waals surface area contributed by atoms with Crippen LogP contribution >= 0.6 is 0 Å². The molecule has 2 rings (SSSR count). The van der Waals surface area contributed by atoms with E-state index in [1.807, 2.05) is 27.7 Å². The Balaban J connectivity index is 2.48. The summed E-state index contributed by atoms with van der Waals surface area (Å²) in [6.07, 6.45) is 2.28. The van der Waals surface area contributed by atoms with Crippen LogP contribution in [0.2, 0.25) is 0 Å². The van der Waals surface area contributed by atoms with E-state index in [9.17, 15) is 14.7 Å². The molecule has 1 amide bonds. The molecule has 1 aromatic heterocycles. The van der Waals surface area contributed by atoms with Gasteiger partial charge in [0.25, 0.3) is 0 Å². The molecule has 1 aliphatic rings. The van der Waals surface area contributed by atoms with Gasteiger partial charge in [-0.3, -0.25) is 9.48 Å². The lowest BCUT2D eigenvalue weighted by Crippen LogP contribution is -2.58. The highest BCUT2D eigenvalue weighted by Gasteiger charge is 2.46. The number of aromatic nitrogens is 2. The second-order valence-corrected chi connectivity index (χ2v) is 6.08. The largest absolute Gasteiger partial charge is 0.479 e. The minimum atomic E-state index is -1.09. The van der Waals surface area contributed by atoms with Gasteiger partial charge in [0.1, 0.15) is 6.61 Å². The summed E-state index contributed by atoms with van der Waals surface area (Å²) in [5.41, 5.74) is 0.167. The number of carbonyl (C=O) groups excluding carboxylic acids is 1. The third-order valence-electron chi connectivity index (χ3n) is 3.50. The van der Waals surface area contributed by atoms with Crippen molar-refractivity contribution in [2.45, 2.75) is 51.9 Å². The maximum absolute atomic E-state index is 12.2. The smallest absolute Gasteiger partial charge is 0.335 e. The lowest BCUT2D eigenvalue weighted by atomic mass is 9.94.